The monoisotopic (exact) mass is 324 g/mol. The Kier molecular flexibility index (Phi) is 6.13. The molecule has 0 saturated heterocycles. The molecule has 0 unspecified atom stereocenters. The predicted molar refractivity (Wildman–Crippen MR) is 96.8 cm³/mol. The number of carbonyl (C=O) groups is 2. The van der Waals surface area contributed by atoms with Gasteiger partial charge in [-0.15, -0.1) is 0 Å². The van der Waals surface area contributed by atoms with Crippen molar-refractivity contribution < 1.29 is 9.59 Å². The Balaban J connectivity index is 1.88. The number of rotatable bonds is 6. The molecule has 0 spiro atoms. The minimum Gasteiger partial charge on any atom is -0.352 e. The zero-order chi connectivity index (χ0) is 17.5. The van der Waals surface area contributed by atoms with Gasteiger partial charge in [-0.05, 0) is 37.0 Å². The van der Waals surface area contributed by atoms with E-state index in [-0.39, 0.29) is 18.2 Å². The molecule has 2 rings (SSSR count). The Bertz CT molecular complexity index is 721. The van der Waals surface area contributed by atoms with E-state index in [0.717, 1.165) is 28.8 Å². The number of carbonyl (C=O) groups excluding carboxylic acids is 2. The van der Waals surface area contributed by atoms with Gasteiger partial charge in [-0.25, -0.2) is 0 Å². The van der Waals surface area contributed by atoms with Crippen LogP contribution in [0.15, 0.2) is 42.5 Å². The second-order valence-electron chi connectivity index (χ2n) is 5.95. The Morgan fingerprint density at radius 2 is 1.67 bits per heavy atom. The van der Waals surface area contributed by atoms with Gasteiger partial charge in [0.2, 0.25) is 11.8 Å². The average Bonchev–Trinajstić information content (AvgIpc) is 2.56. The highest BCUT2D eigenvalue weighted by Gasteiger charge is 2.12. The molecule has 24 heavy (non-hydrogen) atoms. The highest BCUT2D eigenvalue weighted by Crippen LogP contribution is 2.21. The van der Waals surface area contributed by atoms with Gasteiger partial charge in [-0.1, -0.05) is 55.0 Å². The molecule has 0 radical (unpaired) electrons. The minimum atomic E-state index is -0.291. The molecule has 4 heteroatoms. The molecule has 0 aliphatic heterocycles. The number of para-hydroxylation sites is 1. The van der Waals surface area contributed by atoms with Crippen molar-refractivity contribution in [1.29, 1.82) is 0 Å². The first-order valence-corrected chi connectivity index (χ1v) is 8.20. The molecule has 2 N–H and O–H groups in total. The number of anilines is 1. The van der Waals surface area contributed by atoms with Crippen molar-refractivity contribution in [1.82, 2.24) is 5.32 Å². The first kappa shape index (κ1) is 17.7. The zero-order valence-corrected chi connectivity index (χ0v) is 14.5. The second-order valence-corrected chi connectivity index (χ2v) is 5.95. The van der Waals surface area contributed by atoms with Crippen LogP contribution in [0.2, 0.25) is 0 Å². The van der Waals surface area contributed by atoms with Gasteiger partial charge >= 0.3 is 0 Å². The van der Waals surface area contributed by atoms with Crippen molar-refractivity contribution in [3.05, 3.63) is 64.7 Å². The summed E-state index contributed by atoms with van der Waals surface area (Å²) in [5.74, 6) is -0.569. The van der Waals surface area contributed by atoms with Crippen LogP contribution in [-0.4, -0.2) is 11.8 Å². The Hall–Kier alpha value is -2.62. The average molecular weight is 324 g/mol. The fourth-order valence-electron chi connectivity index (χ4n) is 2.50. The minimum absolute atomic E-state index is 0.177. The fourth-order valence-corrected chi connectivity index (χ4v) is 2.50. The van der Waals surface area contributed by atoms with E-state index in [1.165, 1.54) is 5.56 Å². The van der Waals surface area contributed by atoms with Gasteiger partial charge in [0, 0.05) is 12.2 Å². The molecule has 0 aliphatic rings. The molecular formula is C20H24N2O2. The predicted octanol–water partition coefficient (Wildman–Crippen LogP) is 3.51. The smallest absolute Gasteiger partial charge is 0.233 e. The summed E-state index contributed by atoms with van der Waals surface area (Å²) in [6.07, 6.45) is 0.653. The lowest BCUT2D eigenvalue weighted by Gasteiger charge is -2.13. The lowest BCUT2D eigenvalue weighted by Crippen LogP contribution is -2.28. The van der Waals surface area contributed by atoms with E-state index in [2.05, 4.69) is 10.6 Å². The van der Waals surface area contributed by atoms with Crippen LogP contribution < -0.4 is 10.6 Å². The van der Waals surface area contributed by atoms with Crippen LogP contribution in [0.4, 0.5) is 5.69 Å². The quantitative estimate of drug-likeness (QED) is 0.799. The summed E-state index contributed by atoms with van der Waals surface area (Å²) in [4.78, 5) is 24.1. The first-order chi connectivity index (χ1) is 11.5. The van der Waals surface area contributed by atoms with Crippen molar-refractivity contribution in [2.24, 2.45) is 0 Å². The zero-order valence-electron chi connectivity index (χ0n) is 14.5. The molecule has 0 heterocycles. The number of benzene rings is 2. The van der Waals surface area contributed by atoms with Crippen molar-refractivity contribution in [2.45, 2.75) is 40.2 Å². The van der Waals surface area contributed by atoms with Crippen LogP contribution in [0.25, 0.3) is 0 Å². The van der Waals surface area contributed by atoms with E-state index < -0.39 is 0 Å². The summed E-state index contributed by atoms with van der Waals surface area (Å²) < 4.78 is 0. The van der Waals surface area contributed by atoms with Gasteiger partial charge in [-0.2, -0.15) is 0 Å². The summed E-state index contributed by atoms with van der Waals surface area (Å²) in [5, 5.41) is 5.65. The maximum absolute atomic E-state index is 12.1. The van der Waals surface area contributed by atoms with E-state index in [1.54, 1.807) is 0 Å². The van der Waals surface area contributed by atoms with Crippen LogP contribution in [0, 0.1) is 13.8 Å². The van der Waals surface area contributed by atoms with Gasteiger partial charge in [0.25, 0.3) is 0 Å². The second kappa shape index (κ2) is 8.29. The van der Waals surface area contributed by atoms with Gasteiger partial charge < -0.3 is 10.6 Å². The fraction of sp³-hybridized carbons (Fsp3) is 0.300. The van der Waals surface area contributed by atoms with E-state index in [4.69, 9.17) is 0 Å². The lowest BCUT2D eigenvalue weighted by atomic mass is 10.1. The summed E-state index contributed by atoms with van der Waals surface area (Å²) in [6.45, 7) is 6.44. The van der Waals surface area contributed by atoms with Crippen LogP contribution in [0.5, 0.6) is 0 Å². The third-order valence-corrected chi connectivity index (χ3v) is 3.94. The van der Waals surface area contributed by atoms with Crippen molar-refractivity contribution in [3.8, 4) is 0 Å². The highest BCUT2D eigenvalue weighted by atomic mass is 16.2. The first-order valence-electron chi connectivity index (χ1n) is 8.20. The molecule has 0 atom stereocenters. The topological polar surface area (TPSA) is 58.2 Å². The summed E-state index contributed by atoms with van der Waals surface area (Å²) in [7, 11) is 0. The largest absolute Gasteiger partial charge is 0.352 e. The van der Waals surface area contributed by atoms with Crippen LogP contribution in [0.3, 0.4) is 0 Å². The number of aryl methyl sites for hydroxylation is 3. The SMILES string of the molecule is CCc1cccc(C)c1NC(=O)CC(=O)NCc1ccc(C)cc1. The molecule has 2 aromatic carbocycles. The third kappa shape index (κ3) is 4.95. The molecule has 4 nitrogen and oxygen atoms in total. The molecule has 126 valence electrons. The summed E-state index contributed by atoms with van der Waals surface area (Å²) in [6, 6.07) is 13.8. The van der Waals surface area contributed by atoms with Crippen LogP contribution >= 0.6 is 0 Å². The Morgan fingerprint density at radius 3 is 2.33 bits per heavy atom. The molecule has 0 bridgehead atoms. The molecule has 0 aliphatic carbocycles. The number of hydrogen-bond donors (Lipinski definition) is 2. The molecule has 2 aromatic rings. The van der Waals surface area contributed by atoms with Gasteiger partial charge in [0.05, 0.1) is 0 Å². The number of hydrogen-bond acceptors (Lipinski definition) is 2. The molecule has 0 aromatic heterocycles. The number of nitrogens with one attached hydrogen (secondary N) is 2. The van der Waals surface area contributed by atoms with E-state index in [0.29, 0.717) is 6.54 Å². The van der Waals surface area contributed by atoms with Gasteiger partial charge in [0.1, 0.15) is 6.42 Å². The maximum Gasteiger partial charge on any atom is 0.233 e. The Labute approximate surface area is 143 Å². The lowest BCUT2D eigenvalue weighted by molar-refractivity contribution is -0.126. The Morgan fingerprint density at radius 1 is 0.958 bits per heavy atom. The van der Waals surface area contributed by atoms with E-state index in [1.807, 2.05) is 63.2 Å². The highest BCUT2D eigenvalue weighted by molar-refractivity contribution is 6.04. The summed E-state index contributed by atoms with van der Waals surface area (Å²) >= 11 is 0. The molecular weight excluding hydrogens is 300 g/mol. The van der Waals surface area contributed by atoms with Crippen molar-refractivity contribution in [3.63, 3.8) is 0 Å². The van der Waals surface area contributed by atoms with E-state index >= 15 is 0 Å². The third-order valence-electron chi connectivity index (χ3n) is 3.94. The van der Waals surface area contributed by atoms with Gasteiger partial charge in [0.15, 0.2) is 0 Å². The molecule has 2 amide bonds. The van der Waals surface area contributed by atoms with Crippen molar-refractivity contribution in [2.75, 3.05) is 5.32 Å². The van der Waals surface area contributed by atoms with Crippen LogP contribution in [0.1, 0.15) is 35.6 Å². The number of amides is 2. The van der Waals surface area contributed by atoms with E-state index in [9.17, 15) is 9.59 Å². The van der Waals surface area contributed by atoms with Crippen LogP contribution in [-0.2, 0) is 22.6 Å². The summed E-state index contributed by atoms with van der Waals surface area (Å²) in [5.41, 5.74) is 5.08. The molecule has 0 fully saturated rings. The normalized spacial score (nSPS) is 10.3. The molecule has 0 saturated carbocycles. The van der Waals surface area contributed by atoms with Gasteiger partial charge in [-0.3, -0.25) is 9.59 Å². The standard InChI is InChI=1S/C20H24N2O2/c1-4-17-7-5-6-15(3)20(17)22-19(24)12-18(23)21-13-16-10-8-14(2)9-11-16/h5-11H,4,12-13H2,1-3H3,(H,21,23)(H,22,24). The maximum atomic E-state index is 12.1. The van der Waals surface area contributed by atoms with Crippen molar-refractivity contribution >= 4 is 17.5 Å².